The molecule has 2 atom stereocenters. The third-order valence-corrected chi connectivity index (χ3v) is 10.1. The molecule has 7 rings (SSSR count). The van der Waals surface area contributed by atoms with Gasteiger partial charge in [-0.25, -0.2) is 27.0 Å². The molecule has 1 N–H and O–H groups in total. The molecule has 1 saturated heterocycles. The third-order valence-electron chi connectivity index (χ3n) is 8.22. The van der Waals surface area contributed by atoms with Crippen LogP contribution in [0.15, 0.2) is 72.3 Å². The van der Waals surface area contributed by atoms with Gasteiger partial charge in [0.1, 0.15) is 22.6 Å². The van der Waals surface area contributed by atoms with Gasteiger partial charge in [0.05, 0.1) is 28.5 Å². The van der Waals surface area contributed by atoms with Crippen molar-refractivity contribution in [1.29, 1.82) is 5.26 Å². The highest BCUT2D eigenvalue weighted by molar-refractivity contribution is 7.89. The molecular formula is C29H24ClFN8O2S. The Morgan fingerprint density at radius 2 is 1.88 bits per heavy atom. The Bertz CT molecular complexity index is 1970. The number of nitriles is 1. The van der Waals surface area contributed by atoms with Crippen LogP contribution in [-0.4, -0.2) is 52.4 Å². The topological polar surface area (TPSA) is 121 Å². The van der Waals surface area contributed by atoms with Crippen LogP contribution < -0.4 is 9.62 Å². The van der Waals surface area contributed by atoms with Crippen LogP contribution >= 0.6 is 11.6 Å². The number of anilines is 1. The highest BCUT2D eigenvalue weighted by atomic mass is 35.5. The lowest BCUT2D eigenvalue weighted by Gasteiger charge is -2.21. The van der Waals surface area contributed by atoms with E-state index in [9.17, 15) is 18.1 Å². The lowest BCUT2D eigenvalue weighted by atomic mass is 10.0. The lowest BCUT2D eigenvalue weighted by molar-refractivity contribution is 0.546. The fourth-order valence-electron chi connectivity index (χ4n) is 6.04. The summed E-state index contributed by atoms with van der Waals surface area (Å²) in [5.41, 5.74) is 4.74. The van der Waals surface area contributed by atoms with Gasteiger partial charge >= 0.3 is 0 Å². The maximum atomic E-state index is 14.2. The van der Waals surface area contributed by atoms with Crippen molar-refractivity contribution in [3.63, 3.8) is 0 Å². The second-order valence-corrected chi connectivity index (χ2v) is 12.8. The molecule has 1 aromatic carbocycles. The van der Waals surface area contributed by atoms with E-state index in [0.717, 1.165) is 47.2 Å². The van der Waals surface area contributed by atoms with Crippen LogP contribution in [0.3, 0.4) is 0 Å². The largest absolute Gasteiger partial charge is 0.356 e. The Morgan fingerprint density at radius 1 is 1.07 bits per heavy atom. The molecule has 0 spiro atoms. The first-order valence-electron chi connectivity index (χ1n) is 13.3. The molecule has 212 valence electrons. The summed E-state index contributed by atoms with van der Waals surface area (Å²) >= 11 is 5.96. The zero-order chi connectivity index (χ0) is 29.2. The number of pyridine rings is 2. The predicted molar refractivity (Wildman–Crippen MR) is 155 cm³/mol. The Labute approximate surface area is 246 Å². The van der Waals surface area contributed by atoms with Gasteiger partial charge in [-0.3, -0.25) is 4.68 Å². The van der Waals surface area contributed by atoms with Gasteiger partial charge in [-0.15, -0.1) is 0 Å². The van der Waals surface area contributed by atoms with Crippen molar-refractivity contribution < 1.29 is 12.8 Å². The van der Waals surface area contributed by atoms with Crippen molar-refractivity contribution in [1.82, 2.24) is 29.1 Å². The molecule has 0 amide bonds. The van der Waals surface area contributed by atoms with Crippen molar-refractivity contribution in [3.05, 3.63) is 83.8 Å². The van der Waals surface area contributed by atoms with Gasteiger partial charge in [-0.05, 0) is 48.1 Å². The number of piperidine rings is 1. The minimum absolute atomic E-state index is 0.138. The summed E-state index contributed by atoms with van der Waals surface area (Å²) in [6.07, 6.45) is 8.96. The summed E-state index contributed by atoms with van der Waals surface area (Å²) in [5, 5.41) is 18.2. The maximum Gasteiger partial charge on any atom is 0.244 e. The van der Waals surface area contributed by atoms with Crippen LogP contribution in [0.1, 0.15) is 5.56 Å². The molecule has 5 aromatic rings. The van der Waals surface area contributed by atoms with E-state index in [1.165, 1.54) is 12.1 Å². The molecule has 0 bridgehead atoms. The van der Waals surface area contributed by atoms with Gasteiger partial charge in [0, 0.05) is 67.5 Å². The zero-order valence-corrected chi connectivity index (χ0v) is 23.9. The van der Waals surface area contributed by atoms with E-state index in [-0.39, 0.29) is 17.5 Å². The molecule has 2 fully saturated rings. The molecule has 10 nitrogen and oxygen atoms in total. The zero-order valence-electron chi connectivity index (χ0n) is 22.3. The van der Waals surface area contributed by atoms with Gasteiger partial charge in [0.15, 0.2) is 0 Å². The highest BCUT2D eigenvalue weighted by Gasteiger charge is 2.55. The Kier molecular flexibility index (Phi) is 6.27. The average Bonchev–Trinajstić information content (AvgIpc) is 3.40. The van der Waals surface area contributed by atoms with Gasteiger partial charge in [0.2, 0.25) is 10.0 Å². The molecule has 42 heavy (non-hydrogen) atoms. The van der Waals surface area contributed by atoms with E-state index in [1.54, 1.807) is 27.8 Å². The van der Waals surface area contributed by atoms with Crippen LogP contribution in [0, 0.1) is 34.9 Å². The molecule has 2 aliphatic rings. The number of nitrogens with one attached hydrogen (secondary N) is 1. The SMILES string of the molecule is Cn1cc(-c2cc(-c3ccc(N4CC5C(CNS(=O)(=O)c6c(F)cccc6Cl)C5C4)nc3)c3c(C#N)cnn3c2)cn1. The second kappa shape index (κ2) is 9.90. The lowest BCUT2D eigenvalue weighted by Crippen LogP contribution is -2.31. The highest BCUT2D eigenvalue weighted by Crippen LogP contribution is 2.52. The minimum atomic E-state index is -4.05. The smallest absolute Gasteiger partial charge is 0.244 e. The molecule has 5 heterocycles. The Morgan fingerprint density at radius 3 is 2.55 bits per heavy atom. The van der Waals surface area contributed by atoms with Crippen LogP contribution in [-0.2, 0) is 17.1 Å². The van der Waals surface area contributed by atoms with Gasteiger partial charge in [-0.1, -0.05) is 17.7 Å². The molecule has 1 aliphatic heterocycles. The predicted octanol–water partition coefficient (Wildman–Crippen LogP) is 4.12. The van der Waals surface area contributed by atoms with Crippen molar-refractivity contribution >= 4 is 33.0 Å². The summed E-state index contributed by atoms with van der Waals surface area (Å²) < 4.78 is 45.5. The summed E-state index contributed by atoms with van der Waals surface area (Å²) in [6.45, 7) is 1.75. The third kappa shape index (κ3) is 4.50. The van der Waals surface area contributed by atoms with E-state index in [1.807, 2.05) is 37.6 Å². The van der Waals surface area contributed by atoms with Gasteiger partial charge < -0.3 is 4.90 Å². The number of sulfonamides is 1. The summed E-state index contributed by atoms with van der Waals surface area (Å²) in [7, 11) is -2.20. The number of fused-ring (bicyclic) bond motifs is 2. The number of aryl methyl sites for hydroxylation is 1. The summed E-state index contributed by atoms with van der Waals surface area (Å²) in [6, 6.07) is 12.0. The van der Waals surface area contributed by atoms with Crippen LogP contribution in [0.2, 0.25) is 5.02 Å². The monoisotopic (exact) mass is 602 g/mol. The first-order valence-corrected chi connectivity index (χ1v) is 15.1. The Hall–Kier alpha value is -4.31. The molecule has 1 saturated carbocycles. The van der Waals surface area contributed by atoms with Gasteiger partial charge in [-0.2, -0.15) is 15.5 Å². The number of aromatic nitrogens is 5. The van der Waals surface area contributed by atoms with Gasteiger partial charge in [0.25, 0.3) is 0 Å². The molecule has 2 unspecified atom stereocenters. The molecule has 0 radical (unpaired) electrons. The van der Waals surface area contributed by atoms with Crippen molar-refractivity contribution in [2.75, 3.05) is 24.5 Å². The standard InChI is InChI=1S/C29H24ClFN8O2S/c1-37-13-20(11-34-37)18-7-21(28-19(8-32)10-35-39(28)14-18)17-5-6-27(33-9-17)38-15-23-22(24(23)16-38)12-36-42(40,41)29-25(30)3-2-4-26(29)31/h2-7,9-11,13-14,22-24,36H,12,15-16H2,1H3. The number of hydrogen-bond acceptors (Lipinski definition) is 7. The summed E-state index contributed by atoms with van der Waals surface area (Å²) in [4.78, 5) is 6.43. The fraction of sp³-hybridized carbons (Fsp3) is 0.241. The number of rotatable bonds is 7. The molecular weight excluding hydrogens is 579 g/mol. The average molecular weight is 603 g/mol. The first kappa shape index (κ1) is 26.6. The second-order valence-electron chi connectivity index (χ2n) is 10.7. The van der Waals surface area contributed by atoms with E-state index in [0.29, 0.717) is 22.9 Å². The van der Waals surface area contributed by atoms with E-state index in [2.05, 4.69) is 25.9 Å². The molecule has 4 aromatic heterocycles. The van der Waals surface area contributed by atoms with Crippen LogP contribution in [0.4, 0.5) is 10.2 Å². The maximum absolute atomic E-state index is 14.2. The number of benzene rings is 1. The van der Waals surface area contributed by atoms with Crippen LogP contribution in [0.25, 0.3) is 27.8 Å². The molecule has 1 aliphatic carbocycles. The fourth-order valence-corrected chi connectivity index (χ4v) is 7.71. The number of halogens is 2. The van der Waals surface area contributed by atoms with Crippen molar-refractivity contribution in [2.45, 2.75) is 4.90 Å². The minimum Gasteiger partial charge on any atom is -0.356 e. The van der Waals surface area contributed by atoms with E-state index in [4.69, 9.17) is 16.6 Å². The van der Waals surface area contributed by atoms with E-state index < -0.39 is 20.7 Å². The first-order chi connectivity index (χ1) is 20.2. The normalized spacial score (nSPS) is 19.7. The van der Waals surface area contributed by atoms with E-state index >= 15 is 0 Å². The van der Waals surface area contributed by atoms with Crippen molar-refractivity contribution in [2.24, 2.45) is 24.8 Å². The number of hydrogen-bond donors (Lipinski definition) is 1. The summed E-state index contributed by atoms with van der Waals surface area (Å²) in [5.74, 6) is 0.790. The van der Waals surface area contributed by atoms with Crippen molar-refractivity contribution in [3.8, 4) is 28.3 Å². The number of nitrogens with zero attached hydrogens (tertiary/aromatic N) is 7. The quantitative estimate of drug-likeness (QED) is 0.297. The Balaban J connectivity index is 1.06. The van der Waals surface area contributed by atoms with Crippen LogP contribution in [0.5, 0.6) is 0 Å². The molecule has 13 heteroatoms.